The molecule has 0 aliphatic carbocycles. The van der Waals surface area contributed by atoms with Crippen LogP contribution in [0.4, 0.5) is 10.5 Å². The molecule has 1 aromatic carbocycles. The van der Waals surface area contributed by atoms with Gasteiger partial charge in [-0.15, -0.1) is 0 Å². The van der Waals surface area contributed by atoms with Crippen molar-refractivity contribution in [3.63, 3.8) is 0 Å². The number of carbonyl (C=O) groups excluding carboxylic acids is 2. The first-order valence-electron chi connectivity index (χ1n) is 10.3. The van der Waals surface area contributed by atoms with E-state index in [1.807, 2.05) is 19.1 Å². The number of aryl methyl sites for hydroxylation is 1. The van der Waals surface area contributed by atoms with E-state index in [0.29, 0.717) is 43.5 Å². The number of piperazine rings is 1. The molecule has 1 aromatic rings. The van der Waals surface area contributed by atoms with E-state index in [-0.39, 0.29) is 34.8 Å². The smallest absolute Gasteiger partial charge is 0.409 e. The van der Waals surface area contributed by atoms with Crippen LogP contribution in [0, 0.1) is 6.92 Å². The number of benzene rings is 1. The lowest BCUT2D eigenvalue weighted by molar-refractivity contribution is 0.0570. The monoisotopic (exact) mass is 466 g/mol. The van der Waals surface area contributed by atoms with Gasteiger partial charge in [-0.3, -0.25) is 9.79 Å². The van der Waals surface area contributed by atoms with Gasteiger partial charge in [-0.1, -0.05) is 17.8 Å². The standard InChI is InChI=1S/C20H26N4O5S2/c1-3-29-20(26)24-8-6-23(7-9-24)18(25)14-5-4-13(2)15(10-14)21-19-22-16-11-31(27,28)12-17(16)30-19/h4-5,10,16-17H,3,6-9,11-12H2,1-2H3,(H,21,22)/t16-,17+/m0/s1. The second-order valence-corrected chi connectivity index (χ2v) is 11.2. The number of fused-ring (bicyclic) bond motifs is 1. The number of nitrogens with zero attached hydrogens (tertiary/aromatic N) is 3. The average molecular weight is 467 g/mol. The van der Waals surface area contributed by atoms with Gasteiger partial charge in [0.25, 0.3) is 5.91 Å². The first-order chi connectivity index (χ1) is 14.8. The zero-order valence-electron chi connectivity index (χ0n) is 17.5. The number of sulfone groups is 1. The van der Waals surface area contributed by atoms with Crippen molar-refractivity contribution in [3.8, 4) is 0 Å². The molecule has 31 heavy (non-hydrogen) atoms. The molecular weight excluding hydrogens is 440 g/mol. The van der Waals surface area contributed by atoms with Crippen LogP contribution in [0.15, 0.2) is 23.2 Å². The lowest BCUT2D eigenvalue weighted by Crippen LogP contribution is -2.50. The Balaban J connectivity index is 1.40. The van der Waals surface area contributed by atoms with Crippen LogP contribution < -0.4 is 5.32 Å². The van der Waals surface area contributed by atoms with Crippen molar-refractivity contribution in [1.82, 2.24) is 9.80 Å². The lowest BCUT2D eigenvalue weighted by atomic mass is 10.1. The van der Waals surface area contributed by atoms with E-state index in [0.717, 1.165) is 11.3 Å². The fourth-order valence-electron chi connectivity index (χ4n) is 3.91. The van der Waals surface area contributed by atoms with Gasteiger partial charge in [0.15, 0.2) is 15.0 Å². The summed E-state index contributed by atoms with van der Waals surface area (Å²) in [5, 5.41) is 3.94. The molecule has 0 saturated carbocycles. The molecule has 3 aliphatic rings. The minimum absolute atomic E-state index is 0.0340. The molecule has 0 unspecified atom stereocenters. The number of amidine groups is 1. The molecule has 3 aliphatic heterocycles. The van der Waals surface area contributed by atoms with Crippen molar-refractivity contribution in [3.05, 3.63) is 29.3 Å². The Morgan fingerprint density at radius 2 is 1.90 bits per heavy atom. The van der Waals surface area contributed by atoms with Gasteiger partial charge in [-0.2, -0.15) is 0 Å². The number of ether oxygens (including phenoxy) is 1. The summed E-state index contributed by atoms with van der Waals surface area (Å²) in [4.78, 5) is 32.7. The highest BCUT2D eigenvalue weighted by atomic mass is 32.2. The molecule has 0 aromatic heterocycles. The summed E-state index contributed by atoms with van der Waals surface area (Å²) in [6.07, 6.45) is -0.344. The molecule has 0 radical (unpaired) electrons. The summed E-state index contributed by atoms with van der Waals surface area (Å²) in [6.45, 7) is 5.84. The molecule has 2 saturated heterocycles. The Morgan fingerprint density at radius 1 is 1.19 bits per heavy atom. The van der Waals surface area contributed by atoms with Crippen LogP contribution >= 0.6 is 11.8 Å². The van der Waals surface area contributed by atoms with Gasteiger partial charge in [-0.25, -0.2) is 13.2 Å². The summed E-state index contributed by atoms with van der Waals surface area (Å²) >= 11 is 1.45. The molecule has 4 rings (SSSR count). The van der Waals surface area contributed by atoms with E-state index >= 15 is 0 Å². The number of rotatable bonds is 3. The number of nitrogens with one attached hydrogen (secondary N) is 1. The van der Waals surface area contributed by atoms with Gasteiger partial charge >= 0.3 is 6.09 Å². The molecule has 0 spiro atoms. The van der Waals surface area contributed by atoms with E-state index < -0.39 is 9.84 Å². The van der Waals surface area contributed by atoms with Crippen LogP contribution in [0.1, 0.15) is 22.8 Å². The highest BCUT2D eigenvalue weighted by Gasteiger charge is 2.42. The van der Waals surface area contributed by atoms with Gasteiger partial charge in [-0.05, 0) is 31.5 Å². The summed E-state index contributed by atoms with van der Waals surface area (Å²) in [5.41, 5.74) is 2.31. The number of thioether (sulfide) groups is 1. The van der Waals surface area contributed by atoms with Crippen LogP contribution in [-0.4, -0.2) is 91.0 Å². The normalized spacial score (nSPS) is 24.5. The fraction of sp³-hybridized carbons (Fsp3) is 0.550. The van der Waals surface area contributed by atoms with Gasteiger partial charge in [0.2, 0.25) is 0 Å². The molecule has 2 atom stereocenters. The lowest BCUT2D eigenvalue weighted by Gasteiger charge is -2.34. The van der Waals surface area contributed by atoms with Gasteiger partial charge in [0.1, 0.15) is 0 Å². The quantitative estimate of drug-likeness (QED) is 0.721. The van der Waals surface area contributed by atoms with Gasteiger partial charge in [0.05, 0.1) is 24.2 Å². The van der Waals surface area contributed by atoms with E-state index in [9.17, 15) is 18.0 Å². The predicted molar refractivity (Wildman–Crippen MR) is 121 cm³/mol. The van der Waals surface area contributed by atoms with Crippen LogP contribution in [0.3, 0.4) is 0 Å². The number of hydrogen-bond donors (Lipinski definition) is 1. The average Bonchev–Trinajstić information content (AvgIpc) is 3.22. The van der Waals surface area contributed by atoms with E-state index in [4.69, 9.17) is 4.74 Å². The van der Waals surface area contributed by atoms with Crippen molar-refractivity contribution >= 4 is 44.5 Å². The summed E-state index contributed by atoms with van der Waals surface area (Å²) in [7, 11) is -2.99. The van der Waals surface area contributed by atoms with Crippen molar-refractivity contribution in [1.29, 1.82) is 0 Å². The van der Waals surface area contributed by atoms with Crippen LogP contribution in [0.2, 0.25) is 0 Å². The van der Waals surface area contributed by atoms with Gasteiger partial charge < -0.3 is 19.9 Å². The second-order valence-electron chi connectivity index (χ2n) is 7.87. The zero-order valence-corrected chi connectivity index (χ0v) is 19.2. The van der Waals surface area contributed by atoms with Crippen molar-refractivity contribution in [2.75, 3.05) is 49.6 Å². The maximum Gasteiger partial charge on any atom is 0.409 e. The number of hydrogen-bond acceptors (Lipinski definition) is 8. The Bertz CT molecular complexity index is 1020. The molecular formula is C20H26N4O5S2. The Morgan fingerprint density at radius 3 is 2.58 bits per heavy atom. The number of amides is 2. The SMILES string of the molecule is CCOC(=O)N1CCN(C(=O)c2ccc(C)c(NC3=N[C@H]4CS(=O)(=O)C[C@H]4S3)c2)CC1. The second kappa shape index (κ2) is 8.70. The zero-order chi connectivity index (χ0) is 22.2. The third kappa shape index (κ3) is 4.82. The number of aliphatic imine (C=N–C) groups is 1. The molecule has 2 fully saturated rings. The van der Waals surface area contributed by atoms with Gasteiger partial charge in [0, 0.05) is 42.7 Å². The minimum atomic E-state index is -2.99. The van der Waals surface area contributed by atoms with Crippen molar-refractivity contribution in [2.24, 2.45) is 4.99 Å². The maximum atomic E-state index is 13.0. The van der Waals surface area contributed by atoms with Crippen LogP contribution in [0.5, 0.6) is 0 Å². The molecule has 9 nitrogen and oxygen atoms in total. The number of anilines is 1. The Kier molecular flexibility index (Phi) is 6.16. The van der Waals surface area contributed by atoms with E-state index in [2.05, 4.69) is 10.3 Å². The van der Waals surface area contributed by atoms with Crippen molar-refractivity contribution in [2.45, 2.75) is 25.1 Å². The largest absolute Gasteiger partial charge is 0.450 e. The first kappa shape index (κ1) is 21.9. The molecule has 11 heteroatoms. The molecule has 0 bridgehead atoms. The minimum Gasteiger partial charge on any atom is -0.450 e. The highest BCUT2D eigenvalue weighted by Crippen LogP contribution is 2.35. The predicted octanol–water partition coefficient (Wildman–Crippen LogP) is 1.59. The molecule has 2 amide bonds. The Hall–Kier alpha value is -2.27. The number of carbonyl (C=O) groups is 2. The summed E-state index contributed by atoms with van der Waals surface area (Å²) in [6, 6.07) is 5.29. The molecule has 168 valence electrons. The van der Waals surface area contributed by atoms with Crippen molar-refractivity contribution < 1.29 is 22.7 Å². The topological polar surface area (TPSA) is 108 Å². The maximum absolute atomic E-state index is 13.0. The first-order valence-corrected chi connectivity index (χ1v) is 13.0. The summed E-state index contributed by atoms with van der Waals surface area (Å²) in [5.74, 6) is 0.174. The van der Waals surface area contributed by atoms with E-state index in [1.165, 1.54) is 11.8 Å². The third-order valence-corrected chi connectivity index (χ3v) is 8.78. The molecule has 3 heterocycles. The fourth-order valence-corrected chi connectivity index (χ4v) is 7.58. The highest BCUT2D eigenvalue weighted by molar-refractivity contribution is 8.15. The van der Waals surface area contributed by atoms with Crippen LogP contribution in [-0.2, 0) is 14.6 Å². The third-order valence-electron chi connectivity index (χ3n) is 5.64. The summed E-state index contributed by atoms with van der Waals surface area (Å²) < 4.78 is 28.5. The molecule has 1 N–H and O–H groups in total. The Labute approximate surface area is 186 Å². The van der Waals surface area contributed by atoms with Crippen LogP contribution in [0.25, 0.3) is 0 Å². The van der Waals surface area contributed by atoms with E-state index in [1.54, 1.807) is 22.8 Å².